The van der Waals surface area contributed by atoms with Crippen molar-refractivity contribution in [2.75, 3.05) is 113 Å². The molecule has 88 heavy (non-hydrogen) atoms. The van der Waals surface area contributed by atoms with Crippen molar-refractivity contribution in [1.82, 2.24) is 31.2 Å². The Morgan fingerprint density at radius 3 is 0.977 bits per heavy atom. The molecule has 7 N–H and O–H groups in total. The van der Waals surface area contributed by atoms with E-state index in [1.165, 1.54) is 60.5 Å². The molecule has 4 amide bonds. The van der Waals surface area contributed by atoms with Gasteiger partial charge in [-0.3, -0.25) is 72.1 Å². The van der Waals surface area contributed by atoms with Gasteiger partial charge < -0.3 is 44.9 Å². The van der Waals surface area contributed by atoms with Crippen LogP contribution in [0, 0.1) is 47.3 Å². The summed E-state index contributed by atoms with van der Waals surface area (Å²) < 4.78 is 13.9. The Bertz CT molecular complexity index is 2110. The van der Waals surface area contributed by atoms with E-state index in [1.54, 1.807) is 90.4 Å². The van der Waals surface area contributed by atoms with Crippen LogP contribution in [0.4, 0.5) is 0 Å². The standard InChI is InChI=1S/C9H15NO3.C8H16N2O2.2C8H13NO3.C7H10O3.C6H8O3.C5H6O3.C3H6O.2C2H7NO/c1-10(13-3)9(11)8-4-7(5-8)6-12-2;1-10(12-2)8(11)7-3-6(4-7)5-9;2*1-9(12-2)8(11)5-6-3-7(10)4-6;1-10-4-5-2-6(3-5)7(8)9;7-5-1-4(2-5)3-6(8)9;6-4-1-3(2-4)5(7)8;3*1-3-4-2/h6,8H,4-5H2,1-3H3;6-7H,3-5,9H2,1-2H3;2*6H,3-5H2,1-2H3;4,6H,2-3H2,1H3,(H,8,9);4H,1-3H2,(H,8,9);3H,1-2H2,(H,7,8);3H,1H2,2H3;2*3H,1-2H3. The molecule has 30 nitrogen and oxygen atoms in total. The van der Waals surface area contributed by atoms with Crippen molar-refractivity contribution in [1.29, 1.82) is 0 Å². The minimum Gasteiger partial charge on any atom is -0.505 e. The lowest BCUT2D eigenvalue weighted by molar-refractivity contribution is -0.177. The van der Waals surface area contributed by atoms with Gasteiger partial charge in [0.15, 0.2) is 0 Å². The van der Waals surface area contributed by atoms with E-state index in [4.69, 9.17) is 49.9 Å². The molecule has 7 aliphatic rings. The smallest absolute Gasteiger partial charge is 0.307 e. The van der Waals surface area contributed by atoms with Gasteiger partial charge in [-0.05, 0) is 79.9 Å². The van der Waals surface area contributed by atoms with Crippen molar-refractivity contribution in [2.24, 2.45) is 53.1 Å². The van der Waals surface area contributed by atoms with Crippen LogP contribution in [-0.2, 0) is 96.0 Å². The second-order valence-corrected chi connectivity index (χ2v) is 20.7. The lowest BCUT2D eigenvalue weighted by Crippen LogP contribution is -2.41. The van der Waals surface area contributed by atoms with E-state index in [2.05, 4.69) is 32.0 Å². The van der Waals surface area contributed by atoms with E-state index in [0.29, 0.717) is 76.7 Å². The molecule has 0 saturated heterocycles. The SMILES string of the molecule is C=COC.CNOC.CNOC.COC=C1CC(C(=O)N(C)OC)C1.COC=C1CC(C(=O)O)C1.CON(C)C(=O)C1CC(CN)C1.CON(C)C(=O)CC1CC(=O)C1.CON(C)C(=O)CC1CC(=O)C1.O=C(O)CC1CC(=O)C1.O=C1CC(C(=O)O)C1. The highest BCUT2D eigenvalue weighted by molar-refractivity contribution is 5.93. The first kappa shape index (κ1) is 85.4. The third-order valence-corrected chi connectivity index (χ3v) is 14.0. The van der Waals surface area contributed by atoms with Crippen LogP contribution in [0.25, 0.3) is 0 Å². The number of methoxy groups -OCH3 is 3. The predicted molar refractivity (Wildman–Crippen MR) is 317 cm³/mol. The summed E-state index contributed by atoms with van der Waals surface area (Å²) in [6, 6.07) is 0. The summed E-state index contributed by atoms with van der Waals surface area (Å²) in [6.07, 6.45) is 14.1. The van der Waals surface area contributed by atoms with Gasteiger partial charge in [-0.15, -0.1) is 0 Å². The zero-order valence-electron chi connectivity index (χ0n) is 54.2. The molecular weight excluding hydrogens is 1160 g/mol. The summed E-state index contributed by atoms with van der Waals surface area (Å²) in [5, 5.41) is 29.8. The Kier molecular flexibility index (Phi) is 48.7. The molecule has 30 heteroatoms. The van der Waals surface area contributed by atoms with Gasteiger partial charge in [0.1, 0.15) is 23.1 Å². The number of ether oxygens (including phenoxy) is 3. The first-order valence-corrected chi connectivity index (χ1v) is 28.1. The van der Waals surface area contributed by atoms with Crippen LogP contribution in [0.1, 0.15) is 109 Å². The van der Waals surface area contributed by atoms with Gasteiger partial charge in [-0.2, -0.15) is 0 Å². The lowest BCUT2D eigenvalue weighted by Gasteiger charge is -2.34. The summed E-state index contributed by atoms with van der Waals surface area (Å²) in [7, 11) is 23.6. The number of amides is 4. The molecular formula is C58H101N7O23. The maximum Gasteiger partial charge on any atom is 0.307 e. The number of nitrogens with zero attached hydrogens (tertiary/aromatic N) is 4. The lowest BCUT2D eigenvalue weighted by atomic mass is 9.74. The van der Waals surface area contributed by atoms with E-state index in [-0.39, 0.29) is 107 Å². The molecule has 7 fully saturated rings. The fourth-order valence-electron chi connectivity index (χ4n) is 7.90. The van der Waals surface area contributed by atoms with Crippen LogP contribution in [-0.4, -0.2) is 213 Å². The van der Waals surface area contributed by atoms with E-state index < -0.39 is 17.9 Å². The Morgan fingerprint density at radius 1 is 0.466 bits per heavy atom. The second kappa shape index (κ2) is 50.1. The van der Waals surface area contributed by atoms with Crippen LogP contribution >= 0.6 is 0 Å². The molecule has 7 saturated carbocycles. The average Bonchev–Trinajstić information content (AvgIpc) is 3.66. The first-order valence-electron chi connectivity index (χ1n) is 28.1. The van der Waals surface area contributed by atoms with Gasteiger partial charge >= 0.3 is 17.9 Å². The molecule has 506 valence electrons. The number of allylic oxidation sites excluding steroid dienone is 2. The first-order chi connectivity index (χ1) is 41.5. The number of hydroxylamine groups is 10. The minimum atomic E-state index is -0.843. The summed E-state index contributed by atoms with van der Waals surface area (Å²) in [5.74, 6) is -0.712. The molecule has 0 heterocycles. The van der Waals surface area contributed by atoms with Gasteiger partial charge in [-0.25, -0.2) is 31.2 Å². The van der Waals surface area contributed by atoms with Gasteiger partial charge in [-0.1, -0.05) is 6.58 Å². The number of nitrogens with one attached hydrogen (secondary N) is 2. The third-order valence-electron chi connectivity index (χ3n) is 14.0. The number of carboxylic acid groups (broad SMARTS) is 3. The fourth-order valence-corrected chi connectivity index (χ4v) is 7.90. The van der Waals surface area contributed by atoms with E-state index >= 15 is 0 Å². The Hall–Kier alpha value is -6.77. The molecule has 0 spiro atoms. The van der Waals surface area contributed by atoms with Crippen molar-refractivity contribution in [3.63, 3.8) is 0 Å². The summed E-state index contributed by atoms with van der Waals surface area (Å²) in [4.78, 5) is 145. The van der Waals surface area contributed by atoms with E-state index in [1.807, 2.05) is 0 Å². The monoisotopic (exact) mass is 1260 g/mol. The highest BCUT2D eigenvalue weighted by atomic mass is 16.7. The van der Waals surface area contributed by atoms with Crippen molar-refractivity contribution in [3.05, 3.63) is 36.5 Å². The largest absolute Gasteiger partial charge is 0.505 e. The predicted octanol–water partition coefficient (Wildman–Crippen LogP) is 3.50. The van der Waals surface area contributed by atoms with Crippen molar-refractivity contribution < 1.29 is 111 Å². The number of hydrogen-bond donors (Lipinski definition) is 6. The normalized spacial score (nSPS) is 19.0. The molecule has 7 aliphatic carbocycles. The zero-order valence-corrected chi connectivity index (χ0v) is 54.2. The number of carboxylic acids is 3. The Balaban J connectivity index is -0.000000932. The second-order valence-electron chi connectivity index (χ2n) is 20.7. The van der Waals surface area contributed by atoms with Crippen LogP contribution in [0.15, 0.2) is 36.5 Å². The molecule has 0 aromatic rings. The van der Waals surface area contributed by atoms with Gasteiger partial charge in [0.25, 0.3) is 0 Å². The quantitative estimate of drug-likeness (QED) is 0.0750. The molecule has 0 atom stereocenters. The molecule has 0 aromatic heterocycles. The number of rotatable bonds is 20. The van der Waals surface area contributed by atoms with E-state index in [0.717, 1.165) is 31.3 Å². The highest BCUT2D eigenvalue weighted by Crippen LogP contribution is 2.35. The molecule has 0 aliphatic heterocycles. The molecule has 0 aromatic carbocycles. The molecule has 7 rings (SSSR count). The Morgan fingerprint density at radius 2 is 0.750 bits per heavy atom. The number of carbonyl (C=O) groups excluding carboxylic acids is 8. The maximum atomic E-state index is 11.4. The van der Waals surface area contributed by atoms with Gasteiger partial charge in [0, 0.05) is 125 Å². The maximum absolute atomic E-state index is 11.4. The molecule has 0 radical (unpaired) electrons. The summed E-state index contributed by atoms with van der Waals surface area (Å²) >= 11 is 0. The summed E-state index contributed by atoms with van der Waals surface area (Å²) in [6.45, 7) is 3.95. The van der Waals surface area contributed by atoms with E-state index in [9.17, 15) is 52.7 Å². The number of carbonyl (C=O) groups is 11. The Labute approximate surface area is 517 Å². The third kappa shape index (κ3) is 38.5. The van der Waals surface area contributed by atoms with Gasteiger partial charge in [0.05, 0.1) is 94.6 Å². The molecule has 0 bridgehead atoms. The number of Topliss-reactive ketones (excluding diaryl/α,β-unsaturated/α-hetero) is 4. The van der Waals surface area contributed by atoms with Gasteiger partial charge in [0.2, 0.25) is 23.6 Å². The number of hydrogen-bond acceptors (Lipinski definition) is 23. The van der Waals surface area contributed by atoms with Crippen molar-refractivity contribution in [2.45, 2.75) is 109 Å². The van der Waals surface area contributed by atoms with Crippen LogP contribution in [0.3, 0.4) is 0 Å². The summed E-state index contributed by atoms with van der Waals surface area (Å²) in [5.41, 5.74) is 12.6. The van der Waals surface area contributed by atoms with Crippen molar-refractivity contribution >= 4 is 64.7 Å². The topological polar surface area (TPSA) is 395 Å². The molecule has 0 unspecified atom stereocenters. The fraction of sp³-hybridized carbons (Fsp3) is 0.707. The highest BCUT2D eigenvalue weighted by Gasteiger charge is 2.36. The zero-order chi connectivity index (χ0) is 68.1. The number of nitrogens with two attached hydrogens (primary N) is 1. The van der Waals surface area contributed by atoms with Crippen LogP contribution < -0.4 is 16.7 Å². The number of ketones is 4. The van der Waals surface area contributed by atoms with Crippen molar-refractivity contribution in [3.8, 4) is 0 Å². The average molecular weight is 1260 g/mol. The number of aliphatic carboxylic acids is 3. The van der Waals surface area contributed by atoms with Crippen LogP contribution in [0.5, 0.6) is 0 Å². The van der Waals surface area contributed by atoms with Crippen LogP contribution in [0.2, 0.25) is 0 Å². The minimum absolute atomic E-state index is 0.0377.